The van der Waals surface area contributed by atoms with Gasteiger partial charge in [0.25, 0.3) is 0 Å². The van der Waals surface area contributed by atoms with Crippen LogP contribution in [0.5, 0.6) is 0 Å². The molecule has 18 heavy (non-hydrogen) atoms. The van der Waals surface area contributed by atoms with Crippen LogP contribution in [0.15, 0.2) is 36.9 Å². The minimum Gasteiger partial charge on any atom is -0.323 e. The molecule has 6 nitrogen and oxygen atoms in total. The Hall–Kier alpha value is -2.21. The Balaban J connectivity index is 2.26. The number of rotatable bonds is 4. The third kappa shape index (κ3) is 2.54. The molecular formula is C12H15N5O. The van der Waals surface area contributed by atoms with Crippen LogP contribution in [0.3, 0.4) is 0 Å². The van der Waals surface area contributed by atoms with E-state index in [2.05, 4.69) is 15.4 Å². The van der Waals surface area contributed by atoms with Crippen LogP contribution in [-0.2, 0) is 4.79 Å². The van der Waals surface area contributed by atoms with Crippen molar-refractivity contribution in [1.29, 1.82) is 0 Å². The molecular weight excluding hydrogens is 230 g/mol. The number of hydrogen-bond acceptors (Lipinski definition) is 4. The maximum atomic E-state index is 11.8. The SMILES string of the molecule is CC[C@H](N)C(=O)Nc1ccccc1-n1cncn1. The maximum Gasteiger partial charge on any atom is 0.241 e. The molecule has 0 bridgehead atoms. The van der Waals surface area contributed by atoms with E-state index in [-0.39, 0.29) is 5.91 Å². The summed E-state index contributed by atoms with van der Waals surface area (Å²) in [4.78, 5) is 15.7. The van der Waals surface area contributed by atoms with Gasteiger partial charge < -0.3 is 11.1 Å². The highest BCUT2D eigenvalue weighted by atomic mass is 16.2. The van der Waals surface area contributed by atoms with Gasteiger partial charge >= 0.3 is 0 Å². The second kappa shape index (κ2) is 5.42. The number of carbonyl (C=O) groups excluding carboxylic acids is 1. The molecule has 6 heteroatoms. The molecule has 0 fully saturated rings. The van der Waals surface area contributed by atoms with Crippen molar-refractivity contribution in [2.45, 2.75) is 19.4 Å². The minimum absolute atomic E-state index is 0.204. The number of benzene rings is 1. The van der Waals surface area contributed by atoms with E-state index in [4.69, 9.17) is 5.73 Å². The van der Waals surface area contributed by atoms with E-state index in [1.807, 2.05) is 25.1 Å². The number of amides is 1. The Labute approximate surface area is 105 Å². The standard InChI is InChI=1S/C12H15N5O/c1-2-9(13)12(18)16-10-5-3-4-6-11(10)17-8-14-7-15-17/h3-9H,2,13H2,1H3,(H,16,18)/t9-/m0/s1. The molecule has 0 unspecified atom stereocenters. The average molecular weight is 245 g/mol. The summed E-state index contributed by atoms with van der Waals surface area (Å²) in [6.45, 7) is 1.87. The molecule has 3 N–H and O–H groups in total. The van der Waals surface area contributed by atoms with Crippen LogP contribution in [0, 0.1) is 0 Å². The summed E-state index contributed by atoms with van der Waals surface area (Å²) < 4.78 is 1.59. The van der Waals surface area contributed by atoms with Crippen LogP contribution >= 0.6 is 0 Å². The van der Waals surface area contributed by atoms with E-state index >= 15 is 0 Å². The molecule has 0 saturated carbocycles. The van der Waals surface area contributed by atoms with Gasteiger partial charge in [0.05, 0.1) is 17.4 Å². The molecule has 2 rings (SSSR count). The second-order valence-electron chi connectivity index (χ2n) is 3.86. The van der Waals surface area contributed by atoms with Crippen LogP contribution in [0.2, 0.25) is 0 Å². The van der Waals surface area contributed by atoms with Crippen LogP contribution in [0.1, 0.15) is 13.3 Å². The number of carbonyl (C=O) groups is 1. The lowest BCUT2D eigenvalue weighted by Gasteiger charge is -2.13. The quantitative estimate of drug-likeness (QED) is 0.839. The topological polar surface area (TPSA) is 85.8 Å². The van der Waals surface area contributed by atoms with Gasteiger partial charge in [-0.3, -0.25) is 4.79 Å². The molecule has 0 aliphatic carbocycles. The fourth-order valence-electron chi connectivity index (χ4n) is 1.52. The van der Waals surface area contributed by atoms with Gasteiger partial charge in [0.1, 0.15) is 12.7 Å². The maximum absolute atomic E-state index is 11.8. The fourth-order valence-corrected chi connectivity index (χ4v) is 1.52. The van der Waals surface area contributed by atoms with Crippen molar-refractivity contribution in [2.24, 2.45) is 5.73 Å². The Kier molecular flexibility index (Phi) is 3.69. The molecule has 0 saturated heterocycles. The van der Waals surface area contributed by atoms with Crippen molar-refractivity contribution in [3.63, 3.8) is 0 Å². The minimum atomic E-state index is -0.506. The van der Waals surface area contributed by atoms with Crippen LogP contribution in [0.25, 0.3) is 5.69 Å². The monoisotopic (exact) mass is 245 g/mol. The Morgan fingerprint density at radius 2 is 2.28 bits per heavy atom. The predicted molar refractivity (Wildman–Crippen MR) is 68.3 cm³/mol. The molecule has 1 amide bonds. The van der Waals surface area contributed by atoms with Gasteiger partial charge in [-0.15, -0.1) is 0 Å². The Morgan fingerprint density at radius 1 is 1.50 bits per heavy atom. The number of nitrogens with zero attached hydrogens (tertiary/aromatic N) is 3. The average Bonchev–Trinajstić information content (AvgIpc) is 2.92. The number of nitrogens with two attached hydrogens (primary N) is 1. The van der Waals surface area contributed by atoms with Gasteiger partial charge in [-0.05, 0) is 18.6 Å². The first kappa shape index (κ1) is 12.3. The summed E-state index contributed by atoms with van der Waals surface area (Å²) in [6.07, 6.45) is 3.61. The van der Waals surface area contributed by atoms with Crippen molar-refractivity contribution in [3.8, 4) is 5.69 Å². The van der Waals surface area contributed by atoms with Gasteiger partial charge in [-0.1, -0.05) is 19.1 Å². The zero-order valence-corrected chi connectivity index (χ0v) is 10.1. The van der Waals surface area contributed by atoms with Crippen molar-refractivity contribution >= 4 is 11.6 Å². The molecule has 1 heterocycles. The lowest BCUT2D eigenvalue weighted by atomic mass is 10.2. The van der Waals surface area contributed by atoms with Gasteiger partial charge in [0.15, 0.2) is 0 Å². The number of anilines is 1. The van der Waals surface area contributed by atoms with Gasteiger partial charge in [-0.2, -0.15) is 5.10 Å². The van der Waals surface area contributed by atoms with Crippen molar-refractivity contribution < 1.29 is 4.79 Å². The largest absolute Gasteiger partial charge is 0.323 e. The summed E-state index contributed by atoms with van der Waals surface area (Å²) in [5.41, 5.74) is 7.11. The van der Waals surface area contributed by atoms with E-state index in [1.54, 1.807) is 17.1 Å². The van der Waals surface area contributed by atoms with E-state index in [0.29, 0.717) is 12.1 Å². The molecule has 2 aromatic rings. The lowest BCUT2D eigenvalue weighted by Crippen LogP contribution is -2.35. The zero-order chi connectivity index (χ0) is 13.0. The Morgan fingerprint density at radius 3 is 2.94 bits per heavy atom. The summed E-state index contributed by atoms with van der Waals surface area (Å²) in [5, 5.41) is 6.84. The highest BCUT2D eigenvalue weighted by molar-refractivity contribution is 5.96. The highest BCUT2D eigenvalue weighted by Crippen LogP contribution is 2.18. The number of hydrogen-bond donors (Lipinski definition) is 2. The highest BCUT2D eigenvalue weighted by Gasteiger charge is 2.13. The first-order valence-corrected chi connectivity index (χ1v) is 5.73. The summed E-state index contributed by atoms with van der Waals surface area (Å²) in [5.74, 6) is -0.204. The second-order valence-corrected chi connectivity index (χ2v) is 3.86. The molecule has 0 aliphatic heterocycles. The van der Waals surface area contributed by atoms with Crippen molar-refractivity contribution in [1.82, 2.24) is 14.8 Å². The van der Waals surface area contributed by atoms with Crippen LogP contribution < -0.4 is 11.1 Å². The zero-order valence-electron chi connectivity index (χ0n) is 10.1. The Bertz CT molecular complexity index is 523. The summed E-state index contributed by atoms with van der Waals surface area (Å²) in [6, 6.07) is 6.85. The molecule has 1 aromatic heterocycles. The van der Waals surface area contributed by atoms with Crippen molar-refractivity contribution in [2.75, 3.05) is 5.32 Å². The van der Waals surface area contributed by atoms with Gasteiger partial charge in [-0.25, -0.2) is 9.67 Å². The summed E-state index contributed by atoms with van der Waals surface area (Å²) in [7, 11) is 0. The molecule has 0 aliphatic rings. The van der Waals surface area contributed by atoms with E-state index in [0.717, 1.165) is 5.69 Å². The van der Waals surface area contributed by atoms with E-state index in [1.165, 1.54) is 6.33 Å². The summed E-state index contributed by atoms with van der Waals surface area (Å²) >= 11 is 0. The lowest BCUT2D eigenvalue weighted by molar-refractivity contribution is -0.117. The van der Waals surface area contributed by atoms with E-state index in [9.17, 15) is 4.79 Å². The van der Waals surface area contributed by atoms with Crippen molar-refractivity contribution in [3.05, 3.63) is 36.9 Å². The fraction of sp³-hybridized carbons (Fsp3) is 0.250. The third-order valence-electron chi connectivity index (χ3n) is 2.60. The van der Waals surface area contributed by atoms with Crippen LogP contribution in [-0.4, -0.2) is 26.7 Å². The smallest absolute Gasteiger partial charge is 0.241 e. The predicted octanol–water partition coefficient (Wildman–Crippen LogP) is 0.943. The van der Waals surface area contributed by atoms with Gasteiger partial charge in [0.2, 0.25) is 5.91 Å². The van der Waals surface area contributed by atoms with Crippen LogP contribution in [0.4, 0.5) is 5.69 Å². The first-order valence-electron chi connectivity index (χ1n) is 5.73. The number of para-hydroxylation sites is 2. The van der Waals surface area contributed by atoms with Gasteiger partial charge in [0, 0.05) is 0 Å². The molecule has 94 valence electrons. The first-order chi connectivity index (χ1) is 8.72. The number of nitrogens with one attached hydrogen (secondary N) is 1. The molecule has 0 spiro atoms. The normalized spacial score (nSPS) is 12.1. The number of aromatic nitrogens is 3. The molecule has 1 atom stereocenters. The van der Waals surface area contributed by atoms with E-state index < -0.39 is 6.04 Å². The molecule has 0 radical (unpaired) electrons. The molecule has 1 aromatic carbocycles. The third-order valence-corrected chi connectivity index (χ3v) is 2.60.